The van der Waals surface area contributed by atoms with Crippen LogP contribution in [0.4, 0.5) is 17.8 Å². The quantitative estimate of drug-likeness (QED) is 0.0743. The van der Waals surface area contributed by atoms with E-state index in [1.807, 2.05) is 9.80 Å². The van der Waals surface area contributed by atoms with Gasteiger partial charge in [0, 0.05) is 90.7 Å². The molecule has 3 aromatic heterocycles. The largest absolute Gasteiger partial charge is 0.396 e. The number of aliphatic hydroxyl groups excluding tert-OH is 2. The van der Waals surface area contributed by atoms with Crippen molar-refractivity contribution >= 4 is 29.7 Å². The highest BCUT2D eigenvalue weighted by Crippen LogP contribution is 2.20. The molecule has 0 radical (unpaired) electrons. The van der Waals surface area contributed by atoms with Gasteiger partial charge >= 0.3 is 0 Å². The van der Waals surface area contributed by atoms with Crippen LogP contribution in [0.2, 0.25) is 0 Å². The number of terminal acetylenes is 1. The van der Waals surface area contributed by atoms with Crippen molar-refractivity contribution in [1.29, 1.82) is 0 Å². The second-order valence-corrected chi connectivity index (χ2v) is 12.7. The number of piperazine rings is 2. The van der Waals surface area contributed by atoms with E-state index in [2.05, 4.69) is 31.9 Å². The Hall–Kier alpha value is -5.01. The summed E-state index contributed by atoms with van der Waals surface area (Å²) in [6.07, 6.45) is 8.73. The van der Waals surface area contributed by atoms with Gasteiger partial charge in [-0.2, -0.15) is 15.0 Å². The van der Waals surface area contributed by atoms with Gasteiger partial charge in [0.1, 0.15) is 19.7 Å². The van der Waals surface area contributed by atoms with Gasteiger partial charge in [-0.25, -0.2) is 9.36 Å². The van der Waals surface area contributed by atoms with Gasteiger partial charge in [-0.05, 0) is 6.92 Å². The molecule has 2 fully saturated rings. The first-order valence-corrected chi connectivity index (χ1v) is 18.1. The van der Waals surface area contributed by atoms with Crippen LogP contribution in [0.1, 0.15) is 18.3 Å². The van der Waals surface area contributed by atoms with E-state index < -0.39 is 6.10 Å². The summed E-state index contributed by atoms with van der Waals surface area (Å²) in [5.41, 5.74) is 1.26. The molecule has 0 bridgehead atoms. The van der Waals surface area contributed by atoms with Gasteiger partial charge in [-0.1, -0.05) is 16.3 Å². The molecule has 1 unspecified atom stereocenters. The van der Waals surface area contributed by atoms with Gasteiger partial charge in [0.2, 0.25) is 29.7 Å². The molecule has 21 nitrogen and oxygen atoms in total. The summed E-state index contributed by atoms with van der Waals surface area (Å²) in [6.45, 7) is 8.52. The minimum Gasteiger partial charge on any atom is -0.396 e. The highest BCUT2D eigenvalue weighted by Gasteiger charge is 2.27. The summed E-state index contributed by atoms with van der Waals surface area (Å²) in [5.74, 6) is 3.61. The summed E-state index contributed by atoms with van der Waals surface area (Å²) in [5, 5.41) is 38.1. The zero-order valence-corrected chi connectivity index (χ0v) is 30.7. The molecule has 2 saturated heterocycles. The number of nitrogens with one attached hydrogen (secondary N) is 1. The third-order valence-electron chi connectivity index (χ3n) is 8.54. The molecule has 2 amide bonds. The average molecular weight is 755 g/mol. The van der Waals surface area contributed by atoms with Gasteiger partial charge in [0.05, 0.1) is 50.5 Å². The summed E-state index contributed by atoms with van der Waals surface area (Å²) in [4.78, 5) is 48.0. The van der Waals surface area contributed by atoms with Crippen molar-refractivity contribution in [2.75, 3.05) is 120 Å². The number of anilines is 3. The Morgan fingerprint density at radius 1 is 0.796 bits per heavy atom. The van der Waals surface area contributed by atoms with E-state index in [0.717, 1.165) is 0 Å². The van der Waals surface area contributed by atoms with Crippen LogP contribution >= 0.6 is 0 Å². The molecule has 294 valence electrons. The Bertz CT molecular complexity index is 1650. The lowest BCUT2D eigenvalue weighted by Crippen LogP contribution is -2.51. The molecule has 3 aromatic rings. The Labute approximate surface area is 313 Å². The topological polar surface area (TPSA) is 227 Å². The third kappa shape index (κ3) is 12.6. The molecule has 5 heterocycles. The lowest BCUT2D eigenvalue weighted by Gasteiger charge is -2.36. The predicted octanol–water partition coefficient (Wildman–Crippen LogP) is -2.69. The van der Waals surface area contributed by atoms with E-state index in [0.29, 0.717) is 134 Å². The van der Waals surface area contributed by atoms with Gasteiger partial charge < -0.3 is 49.3 Å². The Kier molecular flexibility index (Phi) is 15.6. The van der Waals surface area contributed by atoms with Crippen molar-refractivity contribution in [3.63, 3.8) is 0 Å². The first-order valence-electron chi connectivity index (χ1n) is 18.1. The molecular weight excluding hydrogens is 704 g/mol. The van der Waals surface area contributed by atoms with E-state index in [1.165, 1.54) is 9.36 Å². The minimum atomic E-state index is -0.544. The van der Waals surface area contributed by atoms with Crippen LogP contribution in [-0.2, 0) is 49.7 Å². The number of carbonyl (C=O) groups is 2. The maximum atomic E-state index is 13.1. The van der Waals surface area contributed by atoms with Gasteiger partial charge in [-0.15, -0.1) is 16.6 Å². The molecule has 3 N–H and O–H groups in total. The maximum absolute atomic E-state index is 13.1. The number of hydrogen-bond acceptors (Lipinski definition) is 17. The monoisotopic (exact) mass is 754 g/mol. The molecule has 0 saturated carbocycles. The number of rotatable bonds is 21. The predicted molar refractivity (Wildman–Crippen MR) is 193 cm³/mol. The van der Waals surface area contributed by atoms with Crippen LogP contribution in [0.25, 0.3) is 0 Å². The van der Waals surface area contributed by atoms with Crippen LogP contribution in [-0.4, -0.2) is 188 Å². The molecule has 2 aliphatic rings. The highest BCUT2D eigenvalue weighted by molar-refractivity contribution is 5.76. The first kappa shape index (κ1) is 40.2. The maximum Gasteiger partial charge on any atom is 0.244 e. The first-order chi connectivity index (χ1) is 26.3. The van der Waals surface area contributed by atoms with E-state index in [-0.39, 0.29) is 38.1 Å². The Morgan fingerprint density at radius 2 is 1.31 bits per heavy atom. The van der Waals surface area contributed by atoms with Crippen molar-refractivity contribution in [1.82, 2.24) is 54.7 Å². The summed E-state index contributed by atoms with van der Waals surface area (Å²) in [7, 11) is 0. The SMILES string of the molecule is C#CCOCCOCCOCCNc1nc(N2CCN(C(=O)Cn3cc(CCO)nn3)CC2)nc(N2CCN(C(=O)Cn3cc(CC(C)O)nn3)CC2)n1. The van der Waals surface area contributed by atoms with E-state index in [4.69, 9.17) is 40.7 Å². The van der Waals surface area contributed by atoms with Crippen LogP contribution in [0.5, 0.6) is 0 Å². The van der Waals surface area contributed by atoms with Crippen molar-refractivity contribution in [2.24, 2.45) is 0 Å². The summed E-state index contributed by atoms with van der Waals surface area (Å²) < 4.78 is 19.3. The number of aliphatic hydroxyl groups is 2. The van der Waals surface area contributed by atoms with Crippen LogP contribution in [0, 0.1) is 12.3 Å². The van der Waals surface area contributed by atoms with Crippen LogP contribution < -0.4 is 15.1 Å². The fourth-order valence-electron chi connectivity index (χ4n) is 5.77. The molecule has 0 aromatic carbocycles. The standard InChI is InChI=1S/C33H50N14O7/c1-3-15-52-17-19-54-20-18-53-16-5-34-31-35-32(44-10-6-42(7-11-44)29(50)24-46-22-27(4-14-48)38-40-46)37-33(36-31)45-12-8-43(9-13-45)30(51)25-47-23-28(39-41-47)21-26(2)49/h1,22-23,26,48-49H,4-21,24-25H2,2H3,(H,34,35,36,37). The van der Waals surface area contributed by atoms with E-state index >= 15 is 0 Å². The van der Waals surface area contributed by atoms with Gasteiger partial charge in [0.25, 0.3) is 0 Å². The van der Waals surface area contributed by atoms with Gasteiger partial charge in [-0.3, -0.25) is 9.59 Å². The van der Waals surface area contributed by atoms with E-state index in [1.54, 1.807) is 29.1 Å². The highest BCUT2D eigenvalue weighted by atomic mass is 16.5. The Balaban J connectivity index is 1.15. The molecular formula is C33H50N14O7. The Morgan fingerprint density at radius 3 is 1.85 bits per heavy atom. The molecule has 2 aliphatic heterocycles. The van der Waals surface area contributed by atoms with Crippen molar-refractivity contribution in [3.8, 4) is 12.3 Å². The lowest BCUT2D eigenvalue weighted by atomic mass is 10.2. The molecule has 5 rings (SSSR count). The second-order valence-electron chi connectivity index (χ2n) is 12.7. The van der Waals surface area contributed by atoms with E-state index in [9.17, 15) is 14.7 Å². The zero-order chi connectivity index (χ0) is 38.1. The second kappa shape index (κ2) is 21.0. The fourth-order valence-corrected chi connectivity index (χ4v) is 5.77. The van der Waals surface area contributed by atoms with Crippen molar-refractivity contribution in [3.05, 3.63) is 23.8 Å². The fraction of sp³-hybridized carbons (Fsp3) is 0.667. The van der Waals surface area contributed by atoms with Crippen LogP contribution in [0.3, 0.4) is 0 Å². The molecule has 0 aliphatic carbocycles. The molecule has 21 heteroatoms. The molecule has 1 atom stereocenters. The lowest BCUT2D eigenvalue weighted by molar-refractivity contribution is -0.133. The molecule has 0 spiro atoms. The number of amides is 2. The average Bonchev–Trinajstić information content (AvgIpc) is 3.82. The zero-order valence-electron chi connectivity index (χ0n) is 30.7. The normalized spacial score (nSPS) is 15.4. The summed E-state index contributed by atoms with van der Waals surface area (Å²) in [6, 6.07) is 0. The number of carbonyl (C=O) groups excluding carboxylic acids is 2. The van der Waals surface area contributed by atoms with Crippen molar-refractivity contribution < 1.29 is 34.0 Å². The summed E-state index contributed by atoms with van der Waals surface area (Å²) >= 11 is 0. The van der Waals surface area contributed by atoms with Crippen molar-refractivity contribution in [2.45, 2.75) is 39.0 Å². The number of aromatic nitrogens is 9. The molecule has 54 heavy (non-hydrogen) atoms. The number of nitrogens with zero attached hydrogens (tertiary/aromatic N) is 13. The smallest absolute Gasteiger partial charge is 0.244 e. The third-order valence-corrected chi connectivity index (χ3v) is 8.54. The van der Waals surface area contributed by atoms with Gasteiger partial charge in [0.15, 0.2) is 0 Å². The number of hydrogen-bond donors (Lipinski definition) is 3. The van der Waals surface area contributed by atoms with Crippen LogP contribution in [0.15, 0.2) is 12.4 Å². The minimum absolute atomic E-state index is 0.0341. The number of ether oxygens (including phenoxy) is 3.